The molecule has 0 amide bonds. The van der Waals surface area contributed by atoms with Crippen LogP contribution in [0, 0.1) is 0 Å². The summed E-state index contributed by atoms with van der Waals surface area (Å²) in [6, 6.07) is 12.9. The molecule has 0 N–H and O–H groups in total. The smallest absolute Gasteiger partial charge is 0.346 e. The van der Waals surface area contributed by atoms with E-state index in [0.717, 1.165) is 15.8 Å². The van der Waals surface area contributed by atoms with Crippen LogP contribution in [0.1, 0.15) is 15.9 Å². The number of methoxy groups -OCH3 is 2. The highest BCUT2D eigenvalue weighted by Gasteiger charge is 2.20. The van der Waals surface area contributed by atoms with Gasteiger partial charge in [0.1, 0.15) is 28.8 Å². The highest BCUT2D eigenvalue weighted by molar-refractivity contribution is 7.98. The van der Waals surface area contributed by atoms with Crippen LogP contribution in [0.5, 0.6) is 11.5 Å². The lowest BCUT2D eigenvalue weighted by atomic mass is 10.1. The van der Waals surface area contributed by atoms with Crippen LogP contribution in [0.2, 0.25) is 5.15 Å². The van der Waals surface area contributed by atoms with E-state index >= 15 is 0 Å². The molecule has 3 aromatic rings. The average molecular weight is 404 g/mol. The summed E-state index contributed by atoms with van der Waals surface area (Å²) in [4.78, 5) is 18.1. The van der Waals surface area contributed by atoms with Gasteiger partial charge in [-0.1, -0.05) is 23.7 Å². The lowest BCUT2D eigenvalue weighted by Crippen LogP contribution is -2.09. The quantitative estimate of drug-likeness (QED) is 0.328. The maximum atomic E-state index is 12.6. The van der Waals surface area contributed by atoms with Crippen LogP contribution < -0.4 is 9.47 Å². The number of benzene rings is 2. The summed E-state index contributed by atoms with van der Waals surface area (Å²) < 4.78 is 15.9. The summed E-state index contributed by atoms with van der Waals surface area (Å²) in [5, 5.41) is 1.23. The number of thioether (sulfide) groups is 1. The van der Waals surface area contributed by atoms with E-state index in [-0.39, 0.29) is 12.2 Å². The third-order valence-corrected chi connectivity index (χ3v) is 5.09. The normalized spacial score (nSPS) is 10.7. The maximum absolute atomic E-state index is 12.6. The minimum absolute atomic E-state index is 0.00785. The van der Waals surface area contributed by atoms with Crippen molar-refractivity contribution in [2.75, 3.05) is 20.5 Å². The molecule has 1 heterocycles. The van der Waals surface area contributed by atoms with Crippen molar-refractivity contribution in [3.63, 3.8) is 0 Å². The molecule has 0 spiro atoms. The molecule has 0 aliphatic rings. The van der Waals surface area contributed by atoms with Gasteiger partial charge in [-0.15, -0.1) is 11.8 Å². The molecule has 7 heteroatoms. The SMILES string of the molecule is COc1cccc(OC)c1C(=O)OCc1cc2ccc(SC)cc2nc1Cl. The number of aromatic nitrogens is 1. The Morgan fingerprint density at radius 2 is 1.81 bits per heavy atom. The van der Waals surface area contributed by atoms with E-state index in [2.05, 4.69) is 4.98 Å². The Kier molecular flexibility index (Phi) is 6.08. The summed E-state index contributed by atoms with van der Waals surface area (Å²) >= 11 is 7.92. The Morgan fingerprint density at radius 3 is 2.44 bits per heavy atom. The number of hydrogen-bond acceptors (Lipinski definition) is 6. The predicted molar refractivity (Wildman–Crippen MR) is 107 cm³/mol. The van der Waals surface area contributed by atoms with Crippen molar-refractivity contribution < 1.29 is 19.0 Å². The summed E-state index contributed by atoms with van der Waals surface area (Å²) in [7, 11) is 2.97. The fourth-order valence-electron chi connectivity index (χ4n) is 2.66. The minimum atomic E-state index is -0.557. The lowest BCUT2D eigenvalue weighted by molar-refractivity contribution is 0.0465. The molecule has 0 bridgehead atoms. The number of hydrogen-bond donors (Lipinski definition) is 0. The van der Waals surface area contributed by atoms with E-state index in [9.17, 15) is 4.79 Å². The van der Waals surface area contributed by atoms with Crippen LogP contribution in [0.3, 0.4) is 0 Å². The number of esters is 1. The van der Waals surface area contributed by atoms with Crippen LogP contribution >= 0.6 is 23.4 Å². The Hall–Kier alpha value is -2.44. The van der Waals surface area contributed by atoms with Crippen LogP contribution in [-0.4, -0.2) is 31.4 Å². The van der Waals surface area contributed by atoms with Gasteiger partial charge in [0.2, 0.25) is 0 Å². The molecule has 5 nitrogen and oxygen atoms in total. The van der Waals surface area contributed by atoms with E-state index in [4.69, 9.17) is 25.8 Å². The van der Waals surface area contributed by atoms with Gasteiger partial charge in [0.15, 0.2) is 0 Å². The summed E-state index contributed by atoms with van der Waals surface area (Å²) in [5.74, 6) is 0.205. The zero-order valence-electron chi connectivity index (χ0n) is 15.1. The van der Waals surface area contributed by atoms with Crippen molar-refractivity contribution in [1.29, 1.82) is 0 Å². The molecule has 0 atom stereocenters. The summed E-state index contributed by atoms with van der Waals surface area (Å²) in [5.41, 5.74) is 1.66. The first kappa shape index (κ1) is 19.3. The Bertz CT molecular complexity index is 971. The number of carbonyl (C=O) groups excluding carboxylic acids is 1. The first-order valence-corrected chi connectivity index (χ1v) is 9.69. The van der Waals surface area contributed by atoms with Crippen molar-refractivity contribution in [3.8, 4) is 11.5 Å². The van der Waals surface area contributed by atoms with Crippen LogP contribution in [0.4, 0.5) is 0 Å². The van der Waals surface area contributed by atoms with Crippen molar-refractivity contribution in [3.05, 3.63) is 58.7 Å². The van der Waals surface area contributed by atoms with Gasteiger partial charge in [0.05, 0.1) is 19.7 Å². The number of ether oxygens (including phenoxy) is 3. The van der Waals surface area contributed by atoms with Gasteiger partial charge in [0.25, 0.3) is 0 Å². The molecule has 3 rings (SSSR count). The second-order valence-corrected chi connectivity index (χ2v) is 6.85. The van der Waals surface area contributed by atoms with E-state index in [1.165, 1.54) is 14.2 Å². The first-order valence-electron chi connectivity index (χ1n) is 8.08. The van der Waals surface area contributed by atoms with E-state index in [1.807, 2.05) is 30.5 Å². The highest BCUT2D eigenvalue weighted by atomic mass is 35.5. The molecule has 0 saturated heterocycles. The van der Waals surface area contributed by atoms with E-state index in [1.54, 1.807) is 30.0 Å². The highest BCUT2D eigenvalue weighted by Crippen LogP contribution is 2.30. The maximum Gasteiger partial charge on any atom is 0.346 e. The molecule has 0 aliphatic heterocycles. The van der Waals surface area contributed by atoms with Gasteiger partial charge in [-0.25, -0.2) is 9.78 Å². The van der Waals surface area contributed by atoms with Crippen molar-refractivity contribution >= 4 is 40.2 Å². The predicted octanol–water partition coefficient (Wildman–Crippen LogP) is 4.98. The first-order chi connectivity index (χ1) is 13.1. The van der Waals surface area contributed by atoms with Gasteiger partial charge in [-0.2, -0.15) is 0 Å². The minimum Gasteiger partial charge on any atom is -0.496 e. The van der Waals surface area contributed by atoms with Crippen molar-refractivity contribution in [1.82, 2.24) is 4.98 Å². The van der Waals surface area contributed by atoms with Crippen molar-refractivity contribution in [2.24, 2.45) is 0 Å². The Balaban J connectivity index is 1.85. The fraction of sp³-hybridized carbons (Fsp3) is 0.200. The zero-order chi connectivity index (χ0) is 19.4. The average Bonchev–Trinajstić information content (AvgIpc) is 2.70. The van der Waals surface area contributed by atoms with E-state index in [0.29, 0.717) is 22.2 Å². The zero-order valence-corrected chi connectivity index (χ0v) is 16.7. The topological polar surface area (TPSA) is 57.7 Å². The largest absolute Gasteiger partial charge is 0.496 e. The molecule has 2 aromatic carbocycles. The standard InChI is InChI=1S/C20H18ClNO4S/c1-24-16-5-4-6-17(25-2)18(16)20(23)26-11-13-9-12-7-8-14(27-3)10-15(12)22-19(13)21/h4-10H,11H2,1-3H3. The van der Waals surface area contributed by atoms with Gasteiger partial charge in [-0.3, -0.25) is 0 Å². The molecule has 0 fully saturated rings. The number of rotatable bonds is 6. The fourth-order valence-corrected chi connectivity index (χ4v) is 3.30. The third-order valence-electron chi connectivity index (χ3n) is 4.04. The molecule has 0 saturated carbocycles. The molecular weight excluding hydrogens is 386 g/mol. The van der Waals surface area contributed by atoms with Gasteiger partial charge >= 0.3 is 5.97 Å². The molecule has 27 heavy (non-hydrogen) atoms. The van der Waals surface area contributed by atoms with Gasteiger partial charge in [0, 0.05) is 15.8 Å². The molecule has 0 radical (unpaired) electrons. The Morgan fingerprint density at radius 1 is 1.11 bits per heavy atom. The van der Waals surface area contributed by atoms with Gasteiger partial charge in [-0.05, 0) is 36.6 Å². The number of pyridine rings is 1. The Labute approximate surface area is 166 Å². The van der Waals surface area contributed by atoms with Crippen molar-refractivity contribution in [2.45, 2.75) is 11.5 Å². The number of nitrogens with zero attached hydrogens (tertiary/aromatic N) is 1. The monoisotopic (exact) mass is 403 g/mol. The molecule has 140 valence electrons. The van der Waals surface area contributed by atoms with Crippen LogP contribution in [0.15, 0.2) is 47.4 Å². The second-order valence-electron chi connectivity index (χ2n) is 5.61. The van der Waals surface area contributed by atoms with Crippen LogP contribution in [0.25, 0.3) is 10.9 Å². The number of halogens is 1. The number of fused-ring (bicyclic) bond motifs is 1. The van der Waals surface area contributed by atoms with E-state index < -0.39 is 5.97 Å². The molecular formula is C20H18ClNO4S. The molecule has 1 aromatic heterocycles. The summed E-state index contributed by atoms with van der Waals surface area (Å²) in [6.45, 7) is -0.00785. The second kappa shape index (κ2) is 8.50. The number of carbonyl (C=O) groups is 1. The van der Waals surface area contributed by atoms with Crippen LogP contribution in [-0.2, 0) is 11.3 Å². The summed E-state index contributed by atoms with van der Waals surface area (Å²) in [6.07, 6.45) is 2.00. The third kappa shape index (κ3) is 4.12. The lowest BCUT2D eigenvalue weighted by Gasteiger charge is -2.13. The molecule has 0 aliphatic carbocycles. The molecule has 0 unspecified atom stereocenters. The van der Waals surface area contributed by atoms with Gasteiger partial charge < -0.3 is 14.2 Å².